The lowest BCUT2D eigenvalue weighted by molar-refractivity contribution is -0.149. The molecule has 3 nitrogen and oxygen atoms in total. The van der Waals surface area contributed by atoms with E-state index in [4.69, 9.17) is 5.73 Å². The van der Waals surface area contributed by atoms with Crippen LogP contribution in [0.5, 0.6) is 0 Å². The van der Waals surface area contributed by atoms with Crippen molar-refractivity contribution in [2.24, 2.45) is 5.73 Å². The van der Waals surface area contributed by atoms with E-state index < -0.39 is 18.2 Å². The summed E-state index contributed by atoms with van der Waals surface area (Å²) >= 11 is 0. The van der Waals surface area contributed by atoms with Gasteiger partial charge in [-0.3, -0.25) is 0 Å². The molecule has 0 unspecified atom stereocenters. The van der Waals surface area contributed by atoms with Crippen molar-refractivity contribution in [3.63, 3.8) is 0 Å². The highest BCUT2D eigenvalue weighted by atomic mass is 35.5. The van der Waals surface area contributed by atoms with Gasteiger partial charge in [-0.15, -0.1) is 12.4 Å². The molecule has 1 aromatic rings. The van der Waals surface area contributed by atoms with E-state index in [1.54, 1.807) is 6.92 Å². The van der Waals surface area contributed by atoms with Crippen LogP contribution in [0.15, 0.2) is 24.3 Å². The number of hydrogen-bond acceptors (Lipinski definition) is 3. The average molecular weight is 284 g/mol. The van der Waals surface area contributed by atoms with Crippen molar-refractivity contribution in [3.05, 3.63) is 35.4 Å². The third kappa shape index (κ3) is 4.19. The van der Waals surface area contributed by atoms with Gasteiger partial charge < -0.3 is 10.5 Å². The first-order valence-electron chi connectivity index (χ1n) is 4.95. The Morgan fingerprint density at radius 2 is 2.06 bits per heavy atom. The van der Waals surface area contributed by atoms with Gasteiger partial charge in [-0.1, -0.05) is 12.1 Å². The zero-order valence-electron chi connectivity index (χ0n) is 9.53. The van der Waals surface area contributed by atoms with Gasteiger partial charge >= 0.3 is 12.1 Å². The van der Waals surface area contributed by atoms with Crippen molar-refractivity contribution in [1.82, 2.24) is 0 Å². The largest absolute Gasteiger partial charge is 0.462 e. The predicted octanol–water partition coefficient (Wildman–Crippen LogP) is 2.85. The van der Waals surface area contributed by atoms with E-state index in [-0.39, 0.29) is 30.1 Å². The molecule has 1 atom stereocenters. The molecule has 0 spiro atoms. The second-order valence-corrected chi connectivity index (χ2v) is 3.37. The molecular weight excluding hydrogens is 271 g/mol. The molecule has 0 bridgehead atoms. The zero-order chi connectivity index (χ0) is 13.1. The van der Waals surface area contributed by atoms with E-state index in [9.17, 15) is 18.0 Å². The van der Waals surface area contributed by atoms with E-state index in [1.165, 1.54) is 18.2 Å². The number of hydrogen-bond donors (Lipinski definition) is 1. The van der Waals surface area contributed by atoms with Crippen molar-refractivity contribution < 1.29 is 22.7 Å². The SMILES string of the molecule is CCOC(=O)c1cccc([C@@H](N)C(F)(F)F)c1.Cl. The van der Waals surface area contributed by atoms with Crippen LogP contribution in [0, 0.1) is 0 Å². The molecule has 7 heteroatoms. The molecule has 0 amide bonds. The van der Waals surface area contributed by atoms with E-state index >= 15 is 0 Å². The summed E-state index contributed by atoms with van der Waals surface area (Å²) in [5, 5.41) is 0. The Morgan fingerprint density at radius 3 is 2.56 bits per heavy atom. The summed E-state index contributed by atoms with van der Waals surface area (Å²) in [4.78, 5) is 11.3. The number of carbonyl (C=O) groups excluding carboxylic acids is 1. The second kappa shape index (κ2) is 6.61. The maximum Gasteiger partial charge on any atom is 0.407 e. The van der Waals surface area contributed by atoms with Crippen LogP contribution in [0.3, 0.4) is 0 Å². The third-order valence-electron chi connectivity index (χ3n) is 2.11. The van der Waals surface area contributed by atoms with Gasteiger partial charge in [-0.2, -0.15) is 13.2 Å². The Morgan fingerprint density at radius 1 is 1.44 bits per heavy atom. The molecule has 0 aromatic heterocycles. The first-order valence-corrected chi connectivity index (χ1v) is 4.95. The number of halogens is 4. The van der Waals surface area contributed by atoms with Gasteiger partial charge in [0, 0.05) is 0 Å². The molecule has 0 fully saturated rings. The lowest BCUT2D eigenvalue weighted by atomic mass is 10.0. The molecule has 0 aliphatic carbocycles. The summed E-state index contributed by atoms with van der Waals surface area (Å²) in [7, 11) is 0. The summed E-state index contributed by atoms with van der Waals surface area (Å²) in [5.41, 5.74) is 4.93. The third-order valence-corrected chi connectivity index (χ3v) is 2.11. The van der Waals surface area contributed by atoms with Crippen molar-refractivity contribution in [1.29, 1.82) is 0 Å². The van der Waals surface area contributed by atoms with Gasteiger partial charge in [0.15, 0.2) is 0 Å². The summed E-state index contributed by atoms with van der Waals surface area (Å²) in [6.07, 6.45) is -4.53. The lowest BCUT2D eigenvalue weighted by Gasteiger charge is -2.16. The zero-order valence-corrected chi connectivity index (χ0v) is 10.3. The molecule has 0 saturated heterocycles. The Balaban J connectivity index is 0.00000289. The molecule has 1 rings (SSSR count). The van der Waals surface area contributed by atoms with Crippen molar-refractivity contribution in [2.75, 3.05) is 6.61 Å². The van der Waals surface area contributed by atoms with Crippen molar-refractivity contribution >= 4 is 18.4 Å². The highest BCUT2D eigenvalue weighted by Crippen LogP contribution is 2.30. The van der Waals surface area contributed by atoms with Gasteiger partial charge in [0.25, 0.3) is 0 Å². The Hall–Kier alpha value is -1.27. The van der Waals surface area contributed by atoms with Crippen LogP contribution < -0.4 is 5.73 Å². The molecule has 0 aliphatic rings. The van der Waals surface area contributed by atoms with Gasteiger partial charge in [0.1, 0.15) is 6.04 Å². The minimum Gasteiger partial charge on any atom is -0.462 e. The smallest absolute Gasteiger partial charge is 0.407 e. The molecular formula is C11H13ClF3NO2. The van der Waals surface area contributed by atoms with Crippen LogP contribution in [0.4, 0.5) is 13.2 Å². The standard InChI is InChI=1S/C11H12F3NO2.ClH/c1-2-17-10(16)8-5-3-4-7(6-8)9(15)11(12,13)14;/h3-6,9H,2,15H2,1H3;1H/t9-;/m1./s1. The number of ether oxygens (including phenoxy) is 1. The average Bonchev–Trinajstić information content (AvgIpc) is 2.27. The summed E-state index contributed by atoms with van der Waals surface area (Å²) < 4.78 is 41.8. The van der Waals surface area contributed by atoms with E-state index in [2.05, 4.69) is 4.74 Å². The Kier molecular flexibility index (Phi) is 6.14. The van der Waals surface area contributed by atoms with Gasteiger partial charge in [-0.05, 0) is 24.6 Å². The highest BCUT2D eigenvalue weighted by molar-refractivity contribution is 5.89. The first-order chi connectivity index (χ1) is 7.86. The number of rotatable bonds is 3. The van der Waals surface area contributed by atoms with Crippen LogP contribution in [-0.2, 0) is 4.74 Å². The van der Waals surface area contributed by atoms with Crippen LogP contribution in [0.2, 0.25) is 0 Å². The minimum absolute atomic E-state index is 0. The highest BCUT2D eigenvalue weighted by Gasteiger charge is 2.37. The molecule has 0 radical (unpaired) electrons. The van der Waals surface area contributed by atoms with Gasteiger partial charge in [0.2, 0.25) is 0 Å². The molecule has 2 N–H and O–H groups in total. The normalized spacial score (nSPS) is 12.5. The number of benzene rings is 1. The van der Waals surface area contributed by atoms with E-state index in [0.29, 0.717) is 0 Å². The fraction of sp³-hybridized carbons (Fsp3) is 0.364. The van der Waals surface area contributed by atoms with Crippen LogP contribution >= 0.6 is 12.4 Å². The minimum atomic E-state index is -4.53. The maximum absolute atomic E-state index is 12.4. The summed E-state index contributed by atoms with van der Waals surface area (Å²) in [6, 6.07) is 2.94. The van der Waals surface area contributed by atoms with Gasteiger partial charge in [-0.25, -0.2) is 4.79 Å². The number of alkyl halides is 3. The van der Waals surface area contributed by atoms with Crippen molar-refractivity contribution in [2.45, 2.75) is 19.1 Å². The molecule has 0 heterocycles. The first kappa shape index (κ1) is 16.7. The summed E-state index contributed by atoms with van der Waals surface area (Å²) in [5.74, 6) is -0.663. The van der Waals surface area contributed by atoms with Crippen LogP contribution in [-0.4, -0.2) is 18.8 Å². The monoisotopic (exact) mass is 283 g/mol. The molecule has 0 aliphatic heterocycles. The number of nitrogens with two attached hydrogens (primary N) is 1. The lowest BCUT2D eigenvalue weighted by Crippen LogP contribution is -2.28. The van der Waals surface area contributed by atoms with Crippen LogP contribution in [0.1, 0.15) is 28.9 Å². The molecule has 0 saturated carbocycles. The molecule has 102 valence electrons. The fourth-order valence-electron chi connectivity index (χ4n) is 1.26. The van der Waals surface area contributed by atoms with Crippen molar-refractivity contribution in [3.8, 4) is 0 Å². The Bertz CT molecular complexity index is 410. The van der Waals surface area contributed by atoms with Gasteiger partial charge in [0.05, 0.1) is 12.2 Å². The van der Waals surface area contributed by atoms with Crippen LogP contribution in [0.25, 0.3) is 0 Å². The summed E-state index contributed by atoms with van der Waals surface area (Å²) in [6.45, 7) is 1.78. The van der Waals surface area contributed by atoms with E-state index in [0.717, 1.165) is 6.07 Å². The second-order valence-electron chi connectivity index (χ2n) is 3.37. The quantitative estimate of drug-likeness (QED) is 0.868. The Labute approximate surface area is 109 Å². The molecule has 18 heavy (non-hydrogen) atoms. The maximum atomic E-state index is 12.4. The van der Waals surface area contributed by atoms with E-state index in [1.807, 2.05) is 0 Å². The number of carbonyl (C=O) groups is 1. The molecule has 1 aromatic carbocycles. The predicted molar refractivity (Wildman–Crippen MR) is 62.6 cm³/mol. The number of esters is 1. The topological polar surface area (TPSA) is 52.3 Å². The fourth-order valence-corrected chi connectivity index (χ4v) is 1.26.